The van der Waals surface area contributed by atoms with Gasteiger partial charge in [0.2, 0.25) is 11.8 Å². The first-order valence-corrected chi connectivity index (χ1v) is 7.95. The molecule has 1 aliphatic heterocycles. The van der Waals surface area contributed by atoms with Gasteiger partial charge in [0.15, 0.2) is 0 Å². The van der Waals surface area contributed by atoms with Crippen LogP contribution < -0.4 is 5.32 Å². The number of nitrogens with zero attached hydrogens (tertiary/aromatic N) is 2. The lowest BCUT2D eigenvalue weighted by Gasteiger charge is -2.18. The van der Waals surface area contributed by atoms with Crippen LogP contribution in [0.3, 0.4) is 0 Å². The van der Waals surface area contributed by atoms with E-state index >= 15 is 0 Å². The highest BCUT2D eigenvalue weighted by molar-refractivity contribution is 9.10. The summed E-state index contributed by atoms with van der Waals surface area (Å²) in [6, 6.07) is 8.09. The van der Waals surface area contributed by atoms with E-state index in [1.54, 1.807) is 0 Å². The maximum Gasteiger partial charge on any atom is 0.248 e. The lowest BCUT2D eigenvalue weighted by atomic mass is 10.1. The van der Waals surface area contributed by atoms with Gasteiger partial charge in [-0.15, -0.1) is 10.2 Å². The zero-order chi connectivity index (χ0) is 14.7. The standard InChI is InChI=1S/C15H18BrN3O2/c1-10(13-7-4-8-20-13)17-9-14-18-19-15(21-14)11-5-2-3-6-12(11)16/h2-3,5-6,10,13,17H,4,7-9H2,1H3. The molecule has 6 heteroatoms. The zero-order valence-electron chi connectivity index (χ0n) is 11.9. The molecular formula is C15H18BrN3O2. The second-order valence-electron chi connectivity index (χ2n) is 5.20. The Balaban J connectivity index is 1.61. The van der Waals surface area contributed by atoms with Gasteiger partial charge in [-0.25, -0.2) is 0 Å². The van der Waals surface area contributed by atoms with Crippen LogP contribution in [-0.2, 0) is 11.3 Å². The molecule has 0 radical (unpaired) electrons. The van der Waals surface area contributed by atoms with E-state index in [-0.39, 0.29) is 12.1 Å². The molecule has 0 spiro atoms. The fourth-order valence-electron chi connectivity index (χ4n) is 2.45. The highest BCUT2D eigenvalue weighted by Crippen LogP contribution is 2.26. The molecule has 0 saturated carbocycles. The van der Waals surface area contributed by atoms with Gasteiger partial charge in [-0.1, -0.05) is 12.1 Å². The number of rotatable bonds is 5. The monoisotopic (exact) mass is 351 g/mol. The number of halogens is 1. The van der Waals surface area contributed by atoms with Crippen LogP contribution in [0.4, 0.5) is 0 Å². The van der Waals surface area contributed by atoms with Crippen molar-refractivity contribution in [2.45, 2.75) is 38.5 Å². The van der Waals surface area contributed by atoms with E-state index < -0.39 is 0 Å². The lowest BCUT2D eigenvalue weighted by Crippen LogP contribution is -2.36. The van der Waals surface area contributed by atoms with Crippen molar-refractivity contribution in [2.24, 2.45) is 0 Å². The van der Waals surface area contributed by atoms with Crippen LogP contribution in [0.1, 0.15) is 25.7 Å². The second kappa shape index (κ2) is 6.68. The molecule has 112 valence electrons. The van der Waals surface area contributed by atoms with Crippen LogP contribution in [0, 0.1) is 0 Å². The summed E-state index contributed by atoms with van der Waals surface area (Å²) in [4.78, 5) is 0. The normalized spacial score (nSPS) is 19.8. The van der Waals surface area contributed by atoms with Gasteiger partial charge < -0.3 is 14.5 Å². The van der Waals surface area contributed by atoms with Gasteiger partial charge in [0, 0.05) is 17.1 Å². The molecule has 2 aromatic rings. The Morgan fingerprint density at radius 1 is 1.38 bits per heavy atom. The maximum absolute atomic E-state index is 5.71. The summed E-state index contributed by atoms with van der Waals surface area (Å²) in [5.74, 6) is 1.12. The number of hydrogen-bond donors (Lipinski definition) is 1. The zero-order valence-corrected chi connectivity index (χ0v) is 13.5. The second-order valence-corrected chi connectivity index (χ2v) is 6.06. The maximum atomic E-state index is 5.71. The molecule has 0 amide bonds. The molecule has 1 aromatic carbocycles. The molecule has 3 rings (SSSR count). The number of aromatic nitrogens is 2. The van der Waals surface area contributed by atoms with E-state index in [2.05, 4.69) is 38.4 Å². The third-order valence-corrected chi connectivity index (χ3v) is 4.36. The molecular weight excluding hydrogens is 334 g/mol. The fraction of sp³-hybridized carbons (Fsp3) is 0.467. The molecule has 2 unspecified atom stereocenters. The van der Waals surface area contributed by atoms with Crippen molar-refractivity contribution < 1.29 is 9.15 Å². The predicted molar refractivity (Wildman–Crippen MR) is 82.7 cm³/mol. The van der Waals surface area contributed by atoms with E-state index in [0.29, 0.717) is 18.3 Å². The molecule has 1 aromatic heterocycles. The van der Waals surface area contributed by atoms with Crippen LogP contribution in [0.25, 0.3) is 11.5 Å². The molecule has 0 aliphatic carbocycles. The topological polar surface area (TPSA) is 60.2 Å². The van der Waals surface area contributed by atoms with Crippen LogP contribution in [-0.4, -0.2) is 29.0 Å². The number of ether oxygens (including phenoxy) is 1. The number of hydrogen-bond acceptors (Lipinski definition) is 5. The molecule has 2 atom stereocenters. The highest BCUT2D eigenvalue weighted by atomic mass is 79.9. The van der Waals surface area contributed by atoms with Crippen LogP contribution in [0.15, 0.2) is 33.2 Å². The minimum absolute atomic E-state index is 0.284. The SMILES string of the molecule is CC(NCc1nnc(-c2ccccc2Br)o1)C1CCCO1. The Bertz CT molecular complexity index is 596. The Hall–Kier alpha value is -1.24. The number of nitrogens with one attached hydrogen (secondary N) is 1. The van der Waals surface area contributed by atoms with E-state index in [0.717, 1.165) is 29.5 Å². The van der Waals surface area contributed by atoms with E-state index in [4.69, 9.17) is 9.15 Å². The van der Waals surface area contributed by atoms with Gasteiger partial charge in [-0.05, 0) is 47.8 Å². The van der Waals surface area contributed by atoms with Gasteiger partial charge in [-0.2, -0.15) is 0 Å². The molecule has 1 N–H and O–H groups in total. The summed E-state index contributed by atoms with van der Waals surface area (Å²) >= 11 is 3.49. The lowest BCUT2D eigenvalue weighted by molar-refractivity contribution is 0.0824. The first kappa shape index (κ1) is 14.7. The van der Waals surface area contributed by atoms with Crippen molar-refractivity contribution in [1.82, 2.24) is 15.5 Å². The number of benzene rings is 1. The smallest absolute Gasteiger partial charge is 0.248 e. The molecule has 1 fully saturated rings. The summed E-state index contributed by atoms with van der Waals surface area (Å²) in [7, 11) is 0. The predicted octanol–water partition coefficient (Wildman–Crippen LogP) is 3.16. The Morgan fingerprint density at radius 2 is 2.24 bits per heavy atom. The molecule has 2 heterocycles. The van der Waals surface area contributed by atoms with Crippen LogP contribution >= 0.6 is 15.9 Å². The Kier molecular flexibility index (Phi) is 4.67. The first-order valence-electron chi connectivity index (χ1n) is 7.16. The molecule has 1 aliphatic rings. The van der Waals surface area contributed by atoms with E-state index in [9.17, 15) is 0 Å². The summed E-state index contributed by atoms with van der Waals surface area (Å²) in [6.45, 7) is 3.54. The Morgan fingerprint density at radius 3 is 3.00 bits per heavy atom. The van der Waals surface area contributed by atoms with Gasteiger partial charge >= 0.3 is 0 Å². The fourth-order valence-corrected chi connectivity index (χ4v) is 2.90. The van der Waals surface area contributed by atoms with Crippen LogP contribution in [0.2, 0.25) is 0 Å². The summed E-state index contributed by atoms with van der Waals surface area (Å²) in [5.41, 5.74) is 0.906. The largest absolute Gasteiger partial charge is 0.419 e. The van der Waals surface area contributed by atoms with Crippen molar-refractivity contribution in [1.29, 1.82) is 0 Å². The van der Waals surface area contributed by atoms with E-state index in [1.807, 2.05) is 24.3 Å². The molecule has 0 bridgehead atoms. The van der Waals surface area contributed by atoms with Gasteiger partial charge in [0.25, 0.3) is 0 Å². The van der Waals surface area contributed by atoms with Crippen LogP contribution in [0.5, 0.6) is 0 Å². The van der Waals surface area contributed by atoms with Gasteiger partial charge in [-0.3, -0.25) is 0 Å². The molecule has 5 nitrogen and oxygen atoms in total. The van der Waals surface area contributed by atoms with Crippen molar-refractivity contribution in [3.8, 4) is 11.5 Å². The quantitative estimate of drug-likeness (QED) is 0.896. The van der Waals surface area contributed by atoms with Gasteiger partial charge in [0.05, 0.1) is 18.2 Å². The third kappa shape index (κ3) is 3.51. The molecule has 1 saturated heterocycles. The summed E-state index contributed by atoms with van der Waals surface area (Å²) < 4.78 is 12.3. The molecule has 21 heavy (non-hydrogen) atoms. The minimum Gasteiger partial charge on any atom is -0.419 e. The highest BCUT2D eigenvalue weighted by Gasteiger charge is 2.22. The van der Waals surface area contributed by atoms with Crippen molar-refractivity contribution in [3.05, 3.63) is 34.6 Å². The first-order chi connectivity index (χ1) is 10.2. The Labute approximate surface area is 132 Å². The van der Waals surface area contributed by atoms with Crippen molar-refractivity contribution in [3.63, 3.8) is 0 Å². The van der Waals surface area contributed by atoms with Gasteiger partial charge in [0.1, 0.15) is 0 Å². The third-order valence-electron chi connectivity index (χ3n) is 3.67. The average Bonchev–Trinajstić information content (AvgIpc) is 3.17. The van der Waals surface area contributed by atoms with Crippen molar-refractivity contribution in [2.75, 3.05) is 6.61 Å². The average molecular weight is 352 g/mol. The van der Waals surface area contributed by atoms with E-state index in [1.165, 1.54) is 0 Å². The summed E-state index contributed by atoms with van der Waals surface area (Å²) in [5, 5.41) is 11.6. The summed E-state index contributed by atoms with van der Waals surface area (Å²) in [6.07, 6.45) is 2.54. The van der Waals surface area contributed by atoms with Crippen molar-refractivity contribution >= 4 is 15.9 Å². The minimum atomic E-state index is 0.284.